The van der Waals surface area contributed by atoms with Crippen LogP contribution in [0.5, 0.6) is 0 Å². The fourth-order valence-corrected chi connectivity index (χ4v) is 2.80. The van der Waals surface area contributed by atoms with Crippen molar-refractivity contribution in [1.82, 2.24) is 4.98 Å². The molecular formula is C20H13NO3. The minimum absolute atomic E-state index is 0.251. The quantitative estimate of drug-likeness (QED) is 0.586. The van der Waals surface area contributed by atoms with Crippen LogP contribution < -0.4 is 0 Å². The summed E-state index contributed by atoms with van der Waals surface area (Å²) in [4.78, 5) is 16.1. The monoisotopic (exact) mass is 315 g/mol. The zero-order chi connectivity index (χ0) is 16.5. The van der Waals surface area contributed by atoms with E-state index in [0.717, 1.165) is 16.6 Å². The summed E-state index contributed by atoms with van der Waals surface area (Å²) < 4.78 is 5.86. The number of aromatic carboxylic acids is 1. The summed E-state index contributed by atoms with van der Waals surface area (Å²) in [6.45, 7) is 0. The van der Waals surface area contributed by atoms with E-state index >= 15 is 0 Å². The third-order valence-corrected chi connectivity index (χ3v) is 3.90. The molecule has 3 aromatic carbocycles. The predicted octanol–water partition coefficient (Wildman–Crippen LogP) is 4.86. The highest BCUT2D eigenvalue weighted by molar-refractivity contribution is 5.98. The zero-order valence-corrected chi connectivity index (χ0v) is 12.6. The maximum Gasteiger partial charge on any atom is 0.336 e. The van der Waals surface area contributed by atoms with Crippen molar-refractivity contribution in [2.24, 2.45) is 0 Å². The molecule has 0 aliphatic carbocycles. The minimum Gasteiger partial charge on any atom is -0.478 e. The largest absolute Gasteiger partial charge is 0.478 e. The topological polar surface area (TPSA) is 63.3 Å². The van der Waals surface area contributed by atoms with Gasteiger partial charge in [-0.3, -0.25) is 0 Å². The van der Waals surface area contributed by atoms with Gasteiger partial charge in [-0.1, -0.05) is 48.5 Å². The van der Waals surface area contributed by atoms with Crippen molar-refractivity contribution in [2.75, 3.05) is 0 Å². The van der Waals surface area contributed by atoms with Crippen molar-refractivity contribution in [2.45, 2.75) is 0 Å². The number of nitrogens with zero attached hydrogens (tertiary/aromatic N) is 1. The SMILES string of the molecule is O=C(O)c1ccccc1-c1ccccc1-c1nc2ccccc2o1. The number of hydrogen-bond acceptors (Lipinski definition) is 3. The van der Waals surface area contributed by atoms with Crippen molar-refractivity contribution in [3.8, 4) is 22.6 Å². The third-order valence-electron chi connectivity index (χ3n) is 3.90. The first kappa shape index (κ1) is 14.2. The molecule has 24 heavy (non-hydrogen) atoms. The molecule has 0 aliphatic heterocycles. The average Bonchev–Trinajstić information content (AvgIpc) is 3.05. The second kappa shape index (κ2) is 5.66. The predicted molar refractivity (Wildman–Crippen MR) is 91.8 cm³/mol. The molecule has 1 heterocycles. The summed E-state index contributed by atoms with van der Waals surface area (Å²) in [5.74, 6) is -0.482. The Morgan fingerprint density at radius 3 is 2.17 bits per heavy atom. The first-order valence-electron chi connectivity index (χ1n) is 7.52. The number of hydrogen-bond donors (Lipinski definition) is 1. The number of benzene rings is 3. The van der Waals surface area contributed by atoms with Gasteiger partial charge >= 0.3 is 5.97 Å². The molecule has 0 fully saturated rings. The average molecular weight is 315 g/mol. The van der Waals surface area contributed by atoms with E-state index in [2.05, 4.69) is 4.98 Å². The first-order valence-corrected chi connectivity index (χ1v) is 7.52. The van der Waals surface area contributed by atoms with Crippen molar-refractivity contribution >= 4 is 17.1 Å². The first-order chi connectivity index (χ1) is 11.7. The van der Waals surface area contributed by atoms with Gasteiger partial charge in [0.2, 0.25) is 5.89 Å². The van der Waals surface area contributed by atoms with Crippen LogP contribution in [0.15, 0.2) is 77.2 Å². The lowest BCUT2D eigenvalue weighted by Crippen LogP contribution is -1.99. The Morgan fingerprint density at radius 2 is 1.42 bits per heavy atom. The van der Waals surface area contributed by atoms with Crippen LogP contribution in [-0.2, 0) is 0 Å². The maximum absolute atomic E-state index is 11.5. The van der Waals surface area contributed by atoms with Crippen LogP contribution in [0.1, 0.15) is 10.4 Å². The smallest absolute Gasteiger partial charge is 0.336 e. The number of carboxylic acids is 1. The van der Waals surface area contributed by atoms with Gasteiger partial charge in [0.1, 0.15) is 5.52 Å². The Bertz CT molecular complexity index is 1020. The summed E-state index contributed by atoms with van der Waals surface area (Å²) >= 11 is 0. The Labute approximate surface area is 138 Å². The molecule has 0 aliphatic rings. The highest BCUT2D eigenvalue weighted by Gasteiger charge is 2.17. The molecule has 1 N–H and O–H groups in total. The molecule has 0 unspecified atom stereocenters. The third kappa shape index (κ3) is 2.34. The van der Waals surface area contributed by atoms with Crippen LogP contribution in [-0.4, -0.2) is 16.1 Å². The van der Waals surface area contributed by atoms with E-state index < -0.39 is 5.97 Å². The van der Waals surface area contributed by atoms with E-state index in [4.69, 9.17) is 4.42 Å². The second-order valence-electron chi connectivity index (χ2n) is 5.38. The van der Waals surface area contributed by atoms with Gasteiger partial charge in [0, 0.05) is 5.56 Å². The molecule has 0 saturated heterocycles. The standard InChI is InChI=1S/C20H13NO3/c22-20(23)16-10-4-2-8-14(16)13-7-1-3-9-15(13)19-21-17-11-5-6-12-18(17)24-19/h1-12H,(H,22,23). The lowest BCUT2D eigenvalue weighted by molar-refractivity contribution is 0.0697. The molecule has 116 valence electrons. The van der Waals surface area contributed by atoms with Crippen molar-refractivity contribution in [3.63, 3.8) is 0 Å². The Morgan fingerprint density at radius 1 is 0.792 bits per heavy atom. The molecule has 1 aromatic heterocycles. The Balaban J connectivity index is 1.95. The van der Waals surface area contributed by atoms with Gasteiger partial charge in [-0.2, -0.15) is 0 Å². The molecule has 0 atom stereocenters. The molecule has 4 nitrogen and oxygen atoms in total. The van der Waals surface area contributed by atoms with Gasteiger partial charge in [0.05, 0.1) is 5.56 Å². The lowest BCUT2D eigenvalue weighted by atomic mass is 9.95. The van der Waals surface area contributed by atoms with Crippen LogP contribution in [0.4, 0.5) is 0 Å². The number of carboxylic acid groups (broad SMARTS) is 1. The minimum atomic E-state index is -0.960. The van der Waals surface area contributed by atoms with E-state index in [9.17, 15) is 9.90 Å². The molecule has 0 spiro atoms. The summed E-state index contributed by atoms with van der Waals surface area (Å²) in [6.07, 6.45) is 0. The summed E-state index contributed by atoms with van der Waals surface area (Å²) in [6, 6.07) is 22.0. The van der Waals surface area contributed by atoms with Gasteiger partial charge in [0.25, 0.3) is 0 Å². The van der Waals surface area contributed by atoms with Crippen LogP contribution in [0.2, 0.25) is 0 Å². The number of para-hydroxylation sites is 2. The Kier molecular flexibility index (Phi) is 3.35. The zero-order valence-electron chi connectivity index (χ0n) is 12.6. The lowest BCUT2D eigenvalue weighted by Gasteiger charge is -2.09. The molecule has 0 radical (unpaired) electrons. The Hall–Kier alpha value is -3.40. The summed E-state index contributed by atoms with van der Waals surface area (Å²) in [5, 5.41) is 9.46. The van der Waals surface area contributed by atoms with Crippen molar-refractivity contribution < 1.29 is 14.3 Å². The number of oxazole rings is 1. The van der Waals surface area contributed by atoms with Crippen molar-refractivity contribution in [3.05, 3.63) is 78.4 Å². The van der Waals surface area contributed by atoms with Crippen LogP contribution in [0, 0.1) is 0 Å². The molecule has 4 aromatic rings. The molecule has 4 rings (SSSR count). The van der Waals surface area contributed by atoms with Gasteiger partial charge in [-0.05, 0) is 35.4 Å². The molecule has 0 saturated carbocycles. The van der Waals surface area contributed by atoms with Gasteiger partial charge < -0.3 is 9.52 Å². The molecule has 0 amide bonds. The summed E-state index contributed by atoms with van der Waals surface area (Å²) in [7, 11) is 0. The number of carbonyl (C=O) groups is 1. The summed E-state index contributed by atoms with van der Waals surface area (Å²) in [5.41, 5.74) is 3.91. The number of aromatic nitrogens is 1. The molecule has 4 heteroatoms. The van der Waals surface area contributed by atoms with E-state index in [1.54, 1.807) is 18.2 Å². The van der Waals surface area contributed by atoms with E-state index in [1.807, 2.05) is 54.6 Å². The van der Waals surface area contributed by atoms with Crippen molar-refractivity contribution in [1.29, 1.82) is 0 Å². The number of fused-ring (bicyclic) bond motifs is 1. The normalized spacial score (nSPS) is 10.8. The maximum atomic E-state index is 11.5. The van der Waals surface area contributed by atoms with Crippen LogP contribution in [0.25, 0.3) is 33.7 Å². The van der Waals surface area contributed by atoms with Gasteiger partial charge in [-0.15, -0.1) is 0 Å². The molecular weight excluding hydrogens is 302 g/mol. The van der Waals surface area contributed by atoms with Gasteiger partial charge in [-0.25, -0.2) is 9.78 Å². The van der Waals surface area contributed by atoms with E-state index in [0.29, 0.717) is 17.0 Å². The van der Waals surface area contributed by atoms with Gasteiger partial charge in [0.15, 0.2) is 5.58 Å². The highest BCUT2D eigenvalue weighted by Crippen LogP contribution is 2.34. The fourth-order valence-electron chi connectivity index (χ4n) is 2.80. The fraction of sp³-hybridized carbons (Fsp3) is 0. The highest BCUT2D eigenvalue weighted by atomic mass is 16.4. The van der Waals surface area contributed by atoms with E-state index in [1.165, 1.54) is 0 Å². The second-order valence-corrected chi connectivity index (χ2v) is 5.38. The molecule has 0 bridgehead atoms. The van der Waals surface area contributed by atoms with Crippen LogP contribution in [0.3, 0.4) is 0 Å². The number of rotatable bonds is 3. The van der Waals surface area contributed by atoms with Crippen LogP contribution >= 0.6 is 0 Å². The van der Waals surface area contributed by atoms with E-state index in [-0.39, 0.29) is 5.56 Å².